The molecule has 0 bridgehead atoms. The Morgan fingerprint density at radius 2 is 1.72 bits per heavy atom. The van der Waals surface area contributed by atoms with Gasteiger partial charge in [-0.25, -0.2) is 9.97 Å². The highest BCUT2D eigenvalue weighted by Crippen LogP contribution is 2.34. The lowest BCUT2D eigenvalue weighted by Crippen LogP contribution is -2.31. The molecule has 0 saturated carbocycles. The summed E-state index contributed by atoms with van der Waals surface area (Å²) in [7, 11) is 2.20. The van der Waals surface area contributed by atoms with Crippen LogP contribution in [0.4, 0.5) is 5.95 Å². The van der Waals surface area contributed by atoms with Crippen LogP contribution >= 0.6 is 11.8 Å². The van der Waals surface area contributed by atoms with Crippen LogP contribution in [0.25, 0.3) is 0 Å². The van der Waals surface area contributed by atoms with E-state index in [1.807, 2.05) is 0 Å². The van der Waals surface area contributed by atoms with Gasteiger partial charge in [-0.05, 0) is 57.8 Å². The standard InChI is InChI=1S/C20H26N4S/c1-23-12-7-13-24(15-14-23)20-21-18-11-6-5-10-17(18)19(22-20)25-16-8-3-2-4-9-16/h2-4,8-9H,5-7,10-15H2,1H3. The minimum Gasteiger partial charge on any atom is -0.339 e. The maximum absolute atomic E-state index is 5.03. The largest absolute Gasteiger partial charge is 0.339 e. The number of hydrogen-bond acceptors (Lipinski definition) is 5. The molecule has 0 amide bonds. The predicted octanol–water partition coefficient (Wildman–Crippen LogP) is 3.65. The van der Waals surface area contributed by atoms with E-state index in [1.165, 1.54) is 40.4 Å². The molecule has 25 heavy (non-hydrogen) atoms. The van der Waals surface area contributed by atoms with E-state index in [4.69, 9.17) is 9.97 Å². The zero-order chi connectivity index (χ0) is 17.1. The second kappa shape index (κ2) is 7.75. The highest BCUT2D eigenvalue weighted by Gasteiger charge is 2.22. The molecular weight excluding hydrogens is 328 g/mol. The molecule has 1 aromatic heterocycles. The summed E-state index contributed by atoms with van der Waals surface area (Å²) in [6.07, 6.45) is 5.90. The van der Waals surface area contributed by atoms with Gasteiger partial charge in [0, 0.05) is 30.1 Å². The van der Waals surface area contributed by atoms with Gasteiger partial charge in [0.1, 0.15) is 5.03 Å². The molecule has 4 nitrogen and oxygen atoms in total. The van der Waals surface area contributed by atoms with Gasteiger partial charge in [0.05, 0.1) is 5.69 Å². The topological polar surface area (TPSA) is 32.3 Å². The summed E-state index contributed by atoms with van der Waals surface area (Å²) in [6, 6.07) is 10.6. The predicted molar refractivity (Wildman–Crippen MR) is 104 cm³/mol. The highest BCUT2D eigenvalue weighted by atomic mass is 32.2. The normalized spacial score (nSPS) is 18.7. The third kappa shape index (κ3) is 3.98. The van der Waals surface area contributed by atoms with Gasteiger partial charge in [0.15, 0.2) is 0 Å². The van der Waals surface area contributed by atoms with Crippen molar-refractivity contribution in [1.29, 1.82) is 0 Å². The summed E-state index contributed by atoms with van der Waals surface area (Å²) in [6.45, 7) is 4.32. The van der Waals surface area contributed by atoms with E-state index in [-0.39, 0.29) is 0 Å². The van der Waals surface area contributed by atoms with Crippen LogP contribution in [0, 0.1) is 0 Å². The van der Waals surface area contributed by atoms with E-state index in [0.717, 1.165) is 45.0 Å². The van der Waals surface area contributed by atoms with Crippen molar-refractivity contribution >= 4 is 17.7 Å². The van der Waals surface area contributed by atoms with Crippen molar-refractivity contribution in [3.8, 4) is 0 Å². The molecule has 5 heteroatoms. The molecule has 0 unspecified atom stereocenters. The number of anilines is 1. The van der Waals surface area contributed by atoms with E-state index < -0.39 is 0 Å². The number of fused-ring (bicyclic) bond motifs is 1. The van der Waals surface area contributed by atoms with Crippen molar-refractivity contribution < 1.29 is 0 Å². The maximum atomic E-state index is 5.03. The zero-order valence-electron chi connectivity index (χ0n) is 14.9. The summed E-state index contributed by atoms with van der Waals surface area (Å²) in [5, 5.41) is 1.17. The van der Waals surface area contributed by atoms with Crippen molar-refractivity contribution in [3.05, 3.63) is 41.6 Å². The van der Waals surface area contributed by atoms with Crippen molar-refractivity contribution in [2.45, 2.75) is 42.0 Å². The van der Waals surface area contributed by atoms with Gasteiger partial charge in [-0.3, -0.25) is 0 Å². The number of benzene rings is 1. The summed E-state index contributed by atoms with van der Waals surface area (Å²) >= 11 is 1.80. The van der Waals surface area contributed by atoms with Crippen LogP contribution in [0.5, 0.6) is 0 Å². The quantitative estimate of drug-likeness (QED) is 0.786. The van der Waals surface area contributed by atoms with Crippen molar-refractivity contribution in [2.75, 3.05) is 38.1 Å². The molecule has 4 rings (SSSR count). The zero-order valence-corrected chi connectivity index (χ0v) is 15.8. The van der Waals surface area contributed by atoms with Crippen molar-refractivity contribution in [3.63, 3.8) is 0 Å². The number of aromatic nitrogens is 2. The van der Waals surface area contributed by atoms with Gasteiger partial charge < -0.3 is 9.80 Å². The molecular formula is C20H26N4S. The monoisotopic (exact) mass is 354 g/mol. The Labute approximate surface area is 154 Å². The Morgan fingerprint density at radius 3 is 2.60 bits per heavy atom. The first-order chi connectivity index (χ1) is 12.3. The number of likely N-dealkylation sites (N-methyl/N-ethyl adjacent to an activating group) is 1. The van der Waals surface area contributed by atoms with Crippen LogP contribution in [0.2, 0.25) is 0 Å². The Hall–Kier alpha value is -1.59. The first kappa shape index (κ1) is 16.9. The first-order valence-corrected chi connectivity index (χ1v) is 10.2. The average molecular weight is 355 g/mol. The summed E-state index contributed by atoms with van der Waals surface area (Å²) in [4.78, 5) is 16.1. The molecule has 0 radical (unpaired) electrons. The Balaban J connectivity index is 1.67. The Bertz CT molecular complexity index is 719. The van der Waals surface area contributed by atoms with Crippen molar-refractivity contribution in [2.24, 2.45) is 0 Å². The number of rotatable bonds is 3. The van der Waals surface area contributed by atoms with Gasteiger partial charge in [-0.2, -0.15) is 0 Å². The minimum absolute atomic E-state index is 0.939. The van der Waals surface area contributed by atoms with Gasteiger partial charge in [-0.1, -0.05) is 30.0 Å². The van der Waals surface area contributed by atoms with Crippen LogP contribution in [0.1, 0.15) is 30.5 Å². The SMILES string of the molecule is CN1CCCN(c2nc3c(c(Sc4ccccc4)n2)CCCC3)CC1. The Morgan fingerprint density at radius 1 is 0.880 bits per heavy atom. The van der Waals surface area contributed by atoms with Crippen LogP contribution in [-0.4, -0.2) is 48.1 Å². The fraction of sp³-hybridized carbons (Fsp3) is 0.500. The second-order valence-corrected chi connectivity index (χ2v) is 8.08. The molecule has 1 fully saturated rings. The third-order valence-corrected chi connectivity index (χ3v) is 6.13. The van der Waals surface area contributed by atoms with E-state index in [0.29, 0.717) is 0 Å². The molecule has 1 aliphatic heterocycles. The van der Waals surface area contributed by atoms with Gasteiger partial charge >= 0.3 is 0 Å². The molecule has 0 atom stereocenters. The molecule has 0 spiro atoms. The Kier molecular flexibility index (Phi) is 5.22. The van der Waals surface area contributed by atoms with E-state index in [1.54, 1.807) is 11.8 Å². The fourth-order valence-electron chi connectivity index (χ4n) is 3.62. The van der Waals surface area contributed by atoms with Gasteiger partial charge in [0.25, 0.3) is 0 Å². The van der Waals surface area contributed by atoms with Crippen LogP contribution in [0.3, 0.4) is 0 Å². The smallest absolute Gasteiger partial charge is 0.226 e. The lowest BCUT2D eigenvalue weighted by atomic mass is 9.97. The lowest BCUT2D eigenvalue weighted by Gasteiger charge is -2.25. The minimum atomic E-state index is 0.939. The molecule has 2 aliphatic rings. The maximum Gasteiger partial charge on any atom is 0.226 e. The second-order valence-electron chi connectivity index (χ2n) is 7.02. The summed E-state index contributed by atoms with van der Waals surface area (Å²) < 4.78 is 0. The van der Waals surface area contributed by atoms with Crippen molar-refractivity contribution in [1.82, 2.24) is 14.9 Å². The van der Waals surface area contributed by atoms with E-state index in [9.17, 15) is 0 Å². The molecule has 1 aliphatic carbocycles. The molecule has 2 aromatic rings. The van der Waals surface area contributed by atoms with Crippen LogP contribution in [0.15, 0.2) is 40.3 Å². The van der Waals surface area contributed by atoms with E-state index >= 15 is 0 Å². The third-order valence-electron chi connectivity index (χ3n) is 5.09. The molecule has 2 heterocycles. The lowest BCUT2D eigenvalue weighted by molar-refractivity contribution is 0.360. The van der Waals surface area contributed by atoms with Gasteiger partial charge in [0.2, 0.25) is 5.95 Å². The van der Waals surface area contributed by atoms with Crippen LogP contribution in [-0.2, 0) is 12.8 Å². The average Bonchev–Trinajstić information content (AvgIpc) is 2.87. The summed E-state index contributed by atoms with van der Waals surface area (Å²) in [5.41, 5.74) is 2.67. The number of nitrogens with zero attached hydrogens (tertiary/aromatic N) is 4. The number of hydrogen-bond donors (Lipinski definition) is 0. The van der Waals surface area contributed by atoms with Gasteiger partial charge in [-0.15, -0.1) is 0 Å². The van der Waals surface area contributed by atoms with E-state index in [2.05, 4.69) is 47.2 Å². The van der Waals surface area contributed by atoms with Crippen LogP contribution < -0.4 is 4.90 Å². The highest BCUT2D eigenvalue weighted by molar-refractivity contribution is 7.99. The fourth-order valence-corrected chi connectivity index (χ4v) is 4.61. The molecule has 132 valence electrons. The summed E-state index contributed by atoms with van der Waals surface area (Å²) in [5.74, 6) is 0.939. The molecule has 1 saturated heterocycles. The molecule has 0 N–H and O–H groups in total. The molecule has 1 aromatic carbocycles. The number of aryl methyl sites for hydroxylation is 1. The first-order valence-electron chi connectivity index (χ1n) is 9.36.